The minimum absolute atomic E-state index is 0.120. The van der Waals surface area contributed by atoms with Gasteiger partial charge in [-0.2, -0.15) is 0 Å². The highest BCUT2D eigenvalue weighted by Crippen LogP contribution is 2.26. The molecule has 0 saturated carbocycles. The number of fused-ring (bicyclic) bond motifs is 1. The highest BCUT2D eigenvalue weighted by atomic mass is 19.1. The number of amides is 1. The molecule has 0 unspecified atom stereocenters. The zero-order valence-electron chi connectivity index (χ0n) is 13.4. The van der Waals surface area contributed by atoms with Crippen molar-refractivity contribution < 1.29 is 13.6 Å². The first-order valence-electron chi connectivity index (χ1n) is 7.70. The molecule has 0 atom stereocenters. The number of nitrogens with one attached hydrogen (secondary N) is 1. The Morgan fingerprint density at radius 1 is 1.29 bits per heavy atom. The monoisotopic (exact) mass is 328 g/mol. The lowest BCUT2D eigenvalue weighted by atomic mass is 10.1. The van der Waals surface area contributed by atoms with Crippen molar-refractivity contribution in [1.29, 1.82) is 0 Å². The number of benzene rings is 1. The Hall–Kier alpha value is -2.89. The van der Waals surface area contributed by atoms with Gasteiger partial charge in [0.15, 0.2) is 5.76 Å². The second kappa shape index (κ2) is 6.31. The van der Waals surface area contributed by atoms with E-state index in [1.54, 1.807) is 19.2 Å². The lowest BCUT2D eigenvalue weighted by molar-refractivity contribution is 0.0998. The predicted molar refractivity (Wildman–Crippen MR) is 89.9 cm³/mol. The van der Waals surface area contributed by atoms with E-state index in [0.717, 1.165) is 6.42 Å². The van der Waals surface area contributed by atoms with Crippen LogP contribution in [0.3, 0.4) is 0 Å². The number of anilines is 1. The van der Waals surface area contributed by atoms with Crippen molar-refractivity contribution in [2.45, 2.75) is 26.8 Å². The van der Waals surface area contributed by atoms with Crippen LogP contribution in [0, 0.1) is 12.7 Å². The fraction of sp³-hybridized carbons (Fsp3) is 0.222. The quantitative estimate of drug-likeness (QED) is 0.794. The smallest absolute Gasteiger partial charge is 0.291 e. The van der Waals surface area contributed by atoms with Gasteiger partial charge in [0.05, 0.1) is 5.69 Å². The van der Waals surface area contributed by atoms with Gasteiger partial charge in [-0.1, -0.05) is 6.92 Å². The van der Waals surface area contributed by atoms with E-state index in [4.69, 9.17) is 4.42 Å². The van der Waals surface area contributed by atoms with E-state index in [0.29, 0.717) is 28.8 Å². The van der Waals surface area contributed by atoms with Crippen LogP contribution in [0.4, 0.5) is 10.1 Å². The molecule has 3 aromatic rings. The molecule has 5 nitrogen and oxygen atoms in total. The predicted octanol–water partition coefficient (Wildman–Crippen LogP) is 3.70. The molecule has 1 aromatic carbocycles. The Balaban J connectivity index is 1.91. The molecule has 0 aliphatic carbocycles. The summed E-state index contributed by atoms with van der Waals surface area (Å²) in [6.07, 6.45) is 2.41. The molecular formula is C18H17FN2O3. The SMILES string of the molecule is CCCn1cc(NC(=O)c2oc3ccc(F)cc3c2C)ccc1=O. The highest BCUT2D eigenvalue weighted by Gasteiger charge is 2.18. The largest absolute Gasteiger partial charge is 0.451 e. The van der Waals surface area contributed by atoms with Crippen LogP contribution in [0.1, 0.15) is 29.5 Å². The molecule has 0 aliphatic rings. The number of carbonyl (C=O) groups excluding carboxylic acids is 1. The Morgan fingerprint density at radius 3 is 2.83 bits per heavy atom. The topological polar surface area (TPSA) is 64.2 Å². The summed E-state index contributed by atoms with van der Waals surface area (Å²) >= 11 is 0. The molecule has 1 N–H and O–H groups in total. The van der Waals surface area contributed by atoms with Crippen LogP contribution in [-0.4, -0.2) is 10.5 Å². The van der Waals surface area contributed by atoms with Gasteiger partial charge in [-0.25, -0.2) is 4.39 Å². The Morgan fingerprint density at radius 2 is 2.08 bits per heavy atom. The zero-order chi connectivity index (χ0) is 17.3. The van der Waals surface area contributed by atoms with Crippen LogP contribution >= 0.6 is 0 Å². The number of aromatic nitrogens is 1. The van der Waals surface area contributed by atoms with Gasteiger partial charge in [-0.3, -0.25) is 9.59 Å². The number of hydrogen-bond acceptors (Lipinski definition) is 3. The average molecular weight is 328 g/mol. The summed E-state index contributed by atoms with van der Waals surface area (Å²) in [6.45, 7) is 4.25. The van der Waals surface area contributed by atoms with Crippen LogP contribution in [-0.2, 0) is 6.54 Å². The molecule has 24 heavy (non-hydrogen) atoms. The van der Waals surface area contributed by atoms with E-state index in [2.05, 4.69) is 5.32 Å². The maximum atomic E-state index is 13.4. The maximum absolute atomic E-state index is 13.4. The van der Waals surface area contributed by atoms with Crippen molar-refractivity contribution in [3.8, 4) is 0 Å². The van der Waals surface area contributed by atoms with Crippen molar-refractivity contribution in [2.75, 3.05) is 5.32 Å². The van der Waals surface area contributed by atoms with E-state index in [1.807, 2.05) is 6.92 Å². The lowest BCUT2D eigenvalue weighted by Gasteiger charge is -2.08. The molecule has 0 aliphatic heterocycles. The molecule has 0 spiro atoms. The van der Waals surface area contributed by atoms with Crippen molar-refractivity contribution in [1.82, 2.24) is 4.57 Å². The number of pyridine rings is 1. The van der Waals surface area contributed by atoms with E-state index >= 15 is 0 Å². The summed E-state index contributed by atoms with van der Waals surface area (Å²) < 4.78 is 20.4. The van der Waals surface area contributed by atoms with Gasteiger partial charge < -0.3 is 14.3 Å². The third-order valence-corrected chi connectivity index (χ3v) is 3.81. The number of rotatable bonds is 4. The number of aryl methyl sites for hydroxylation is 2. The second-order valence-corrected chi connectivity index (χ2v) is 5.60. The fourth-order valence-corrected chi connectivity index (χ4v) is 2.62. The summed E-state index contributed by atoms with van der Waals surface area (Å²) in [5, 5.41) is 3.28. The molecular weight excluding hydrogens is 311 g/mol. The van der Waals surface area contributed by atoms with Gasteiger partial charge >= 0.3 is 0 Å². The summed E-state index contributed by atoms with van der Waals surface area (Å²) in [7, 11) is 0. The minimum atomic E-state index is -0.439. The van der Waals surface area contributed by atoms with Gasteiger partial charge in [-0.15, -0.1) is 0 Å². The van der Waals surface area contributed by atoms with E-state index in [9.17, 15) is 14.0 Å². The Kier molecular flexibility index (Phi) is 4.20. The van der Waals surface area contributed by atoms with E-state index in [1.165, 1.54) is 28.8 Å². The third-order valence-electron chi connectivity index (χ3n) is 3.81. The van der Waals surface area contributed by atoms with E-state index < -0.39 is 5.91 Å². The summed E-state index contributed by atoms with van der Waals surface area (Å²) in [5.41, 5.74) is 1.41. The first-order chi connectivity index (χ1) is 11.5. The second-order valence-electron chi connectivity index (χ2n) is 5.60. The van der Waals surface area contributed by atoms with Crippen molar-refractivity contribution in [3.05, 3.63) is 64.0 Å². The van der Waals surface area contributed by atoms with Crippen molar-refractivity contribution in [3.63, 3.8) is 0 Å². The zero-order valence-corrected chi connectivity index (χ0v) is 13.4. The molecule has 124 valence electrons. The van der Waals surface area contributed by atoms with Crippen LogP contribution < -0.4 is 10.9 Å². The number of furan rings is 1. The third kappa shape index (κ3) is 2.95. The number of halogens is 1. The fourth-order valence-electron chi connectivity index (χ4n) is 2.62. The standard InChI is InChI=1S/C18H17FN2O3/c1-3-8-21-10-13(5-7-16(21)22)20-18(23)17-11(2)14-9-12(19)4-6-15(14)24-17/h4-7,9-10H,3,8H2,1-2H3,(H,20,23). The molecule has 3 rings (SSSR count). The lowest BCUT2D eigenvalue weighted by Crippen LogP contribution is -2.20. The molecule has 0 fully saturated rings. The van der Waals surface area contributed by atoms with Crippen LogP contribution in [0.15, 0.2) is 45.7 Å². The highest BCUT2D eigenvalue weighted by molar-refractivity contribution is 6.06. The Bertz CT molecular complexity index is 972. The first-order valence-corrected chi connectivity index (χ1v) is 7.70. The summed E-state index contributed by atoms with van der Waals surface area (Å²) in [6, 6.07) is 7.08. The first kappa shape index (κ1) is 16.0. The minimum Gasteiger partial charge on any atom is -0.451 e. The van der Waals surface area contributed by atoms with Gasteiger partial charge in [-0.05, 0) is 37.6 Å². The molecule has 0 bridgehead atoms. The summed E-state index contributed by atoms with van der Waals surface area (Å²) in [5.74, 6) is -0.695. The average Bonchev–Trinajstić information content (AvgIpc) is 2.88. The number of hydrogen-bond donors (Lipinski definition) is 1. The molecule has 0 saturated heterocycles. The number of carbonyl (C=O) groups is 1. The van der Waals surface area contributed by atoms with Gasteiger partial charge in [0.1, 0.15) is 11.4 Å². The molecule has 2 aromatic heterocycles. The van der Waals surface area contributed by atoms with Crippen molar-refractivity contribution >= 4 is 22.6 Å². The van der Waals surface area contributed by atoms with Gasteiger partial charge in [0, 0.05) is 29.8 Å². The summed E-state index contributed by atoms with van der Waals surface area (Å²) in [4.78, 5) is 24.2. The maximum Gasteiger partial charge on any atom is 0.291 e. The Labute approximate surface area is 137 Å². The number of nitrogens with zero attached hydrogens (tertiary/aromatic N) is 1. The van der Waals surface area contributed by atoms with Crippen LogP contribution in [0.25, 0.3) is 11.0 Å². The molecule has 1 amide bonds. The van der Waals surface area contributed by atoms with Gasteiger partial charge in [0.25, 0.3) is 11.5 Å². The normalized spacial score (nSPS) is 11.0. The molecule has 0 radical (unpaired) electrons. The molecule has 2 heterocycles. The van der Waals surface area contributed by atoms with Crippen LogP contribution in [0.5, 0.6) is 0 Å². The van der Waals surface area contributed by atoms with Gasteiger partial charge in [0.2, 0.25) is 0 Å². The van der Waals surface area contributed by atoms with Crippen LogP contribution in [0.2, 0.25) is 0 Å². The molecule has 6 heteroatoms. The van der Waals surface area contributed by atoms with E-state index in [-0.39, 0.29) is 17.1 Å². The van der Waals surface area contributed by atoms with Crippen molar-refractivity contribution in [2.24, 2.45) is 0 Å².